The second-order valence-electron chi connectivity index (χ2n) is 7.77. The van der Waals surface area contributed by atoms with E-state index >= 15 is 0 Å². The van der Waals surface area contributed by atoms with Gasteiger partial charge in [0.05, 0.1) is 6.42 Å². The molecule has 162 valence electrons. The number of rotatable bonds is 8. The third kappa shape index (κ3) is 4.85. The molecule has 0 saturated carbocycles. The number of aliphatic carboxylic acids is 1. The van der Waals surface area contributed by atoms with E-state index in [1.807, 2.05) is 48.5 Å². The minimum Gasteiger partial charge on any atom is -0.481 e. The van der Waals surface area contributed by atoms with E-state index in [1.54, 1.807) is 11.8 Å². The van der Waals surface area contributed by atoms with Gasteiger partial charge in [0, 0.05) is 12.5 Å². The van der Waals surface area contributed by atoms with E-state index in [4.69, 9.17) is 9.84 Å². The Hall–Kier alpha value is -3.00. The van der Waals surface area contributed by atoms with Crippen LogP contribution in [0, 0.1) is 5.92 Å². The number of ether oxygens (including phenoxy) is 1. The molecular formula is C23H24N2O5S. The van der Waals surface area contributed by atoms with Crippen LogP contribution in [0.3, 0.4) is 0 Å². The summed E-state index contributed by atoms with van der Waals surface area (Å²) in [7, 11) is 0. The van der Waals surface area contributed by atoms with E-state index in [1.165, 1.54) is 0 Å². The minimum atomic E-state index is -1.18. The molecule has 2 amide bonds. The Morgan fingerprint density at radius 2 is 1.65 bits per heavy atom. The maximum absolute atomic E-state index is 12.4. The van der Waals surface area contributed by atoms with E-state index in [0.29, 0.717) is 12.5 Å². The highest BCUT2D eigenvalue weighted by atomic mass is 32.2. The summed E-state index contributed by atoms with van der Waals surface area (Å²) in [4.78, 5) is 36.0. The molecule has 1 aliphatic carbocycles. The minimum absolute atomic E-state index is 0.0978. The number of benzene rings is 2. The van der Waals surface area contributed by atoms with Crippen LogP contribution in [0.4, 0.5) is 4.79 Å². The van der Waals surface area contributed by atoms with E-state index < -0.39 is 30.4 Å². The molecule has 0 aromatic heterocycles. The number of hydrogen-bond acceptors (Lipinski definition) is 5. The molecule has 0 spiro atoms. The van der Waals surface area contributed by atoms with Crippen molar-refractivity contribution >= 4 is 29.7 Å². The van der Waals surface area contributed by atoms with Gasteiger partial charge in [0.25, 0.3) is 0 Å². The van der Waals surface area contributed by atoms with Gasteiger partial charge in [-0.25, -0.2) is 4.79 Å². The summed E-state index contributed by atoms with van der Waals surface area (Å²) in [6, 6.07) is 14.8. The van der Waals surface area contributed by atoms with Crippen LogP contribution in [0.2, 0.25) is 0 Å². The third-order valence-corrected chi connectivity index (χ3v) is 7.02. The van der Waals surface area contributed by atoms with Crippen molar-refractivity contribution in [3.8, 4) is 11.1 Å². The zero-order valence-corrected chi connectivity index (χ0v) is 17.7. The number of carbonyl (C=O) groups is 3. The lowest BCUT2D eigenvalue weighted by molar-refractivity contribution is -0.139. The molecule has 2 aromatic carbocycles. The summed E-state index contributed by atoms with van der Waals surface area (Å²) in [5, 5.41) is 14.3. The molecule has 1 unspecified atom stereocenters. The smallest absolute Gasteiger partial charge is 0.407 e. The van der Waals surface area contributed by atoms with Crippen LogP contribution >= 0.6 is 11.8 Å². The molecule has 1 aliphatic heterocycles. The molecule has 2 aliphatic rings. The van der Waals surface area contributed by atoms with Crippen molar-refractivity contribution in [1.29, 1.82) is 0 Å². The first kappa shape index (κ1) is 21.2. The Labute approximate surface area is 184 Å². The van der Waals surface area contributed by atoms with Crippen molar-refractivity contribution in [3.05, 3.63) is 59.7 Å². The molecule has 1 fully saturated rings. The summed E-state index contributed by atoms with van der Waals surface area (Å²) in [6.45, 7) is 0.578. The number of carboxylic acids is 1. The van der Waals surface area contributed by atoms with Crippen LogP contribution < -0.4 is 10.6 Å². The normalized spacial score (nSPS) is 15.9. The maximum atomic E-state index is 12.4. The van der Waals surface area contributed by atoms with Gasteiger partial charge in [0.2, 0.25) is 5.91 Å². The molecule has 1 heterocycles. The quantitative estimate of drug-likeness (QED) is 0.583. The lowest BCUT2D eigenvalue weighted by Gasteiger charge is -2.26. The first-order valence-electron chi connectivity index (χ1n) is 10.2. The number of carbonyl (C=O) groups excluding carboxylic acids is 2. The number of thioether (sulfide) groups is 1. The van der Waals surface area contributed by atoms with Crippen molar-refractivity contribution in [2.75, 3.05) is 24.7 Å². The molecule has 8 heteroatoms. The van der Waals surface area contributed by atoms with Crippen molar-refractivity contribution in [2.24, 2.45) is 5.92 Å². The van der Waals surface area contributed by atoms with Crippen molar-refractivity contribution in [2.45, 2.75) is 18.4 Å². The first-order valence-corrected chi connectivity index (χ1v) is 11.4. The maximum Gasteiger partial charge on any atom is 0.407 e. The lowest BCUT2D eigenvalue weighted by Crippen LogP contribution is -2.49. The van der Waals surface area contributed by atoms with Gasteiger partial charge in [-0.2, -0.15) is 11.8 Å². The average Bonchev–Trinajstić information content (AvgIpc) is 3.04. The van der Waals surface area contributed by atoms with Crippen LogP contribution in [0.25, 0.3) is 11.1 Å². The fraction of sp³-hybridized carbons (Fsp3) is 0.348. The topological polar surface area (TPSA) is 105 Å². The van der Waals surface area contributed by atoms with Gasteiger partial charge in [0.15, 0.2) is 0 Å². The van der Waals surface area contributed by atoms with Gasteiger partial charge in [-0.05, 0) is 39.7 Å². The molecule has 2 aromatic rings. The predicted molar refractivity (Wildman–Crippen MR) is 118 cm³/mol. The molecule has 7 nitrogen and oxygen atoms in total. The fourth-order valence-electron chi connectivity index (χ4n) is 3.94. The number of carboxylic acid groups (broad SMARTS) is 1. The number of nitrogens with one attached hydrogen (secondary N) is 2. The van der Waals surface area contributed by atoms with Crippen molar-refractivity contribution < 1.29 is 24.2 Å². The SMILES string of the molecule is O=C(O)CC(NC(=O)OCC1c2ccccc2-c2ccccc21)C(=O)NCC1CSC1. The highest BCUT2D eigenvalue weighted by Gasteiger charge is 2.30. The zero-order valence-electron chi connectivity index (χ0n) is 16.9. The Balaban J connectivity index is 1.38. The predicted octanol–water partition coefficient (Wildman–Crippen LogP) is 2.85. The molecule has 31 heavy (non-hydrogen) atoms. The van der Waals surface area contributed by atoms with Crippen LogP contribution in [0.15, 0.2) is 48.5 Å². The number of hydrogen-bond donors (Lipinski definition) is 3. The molecule has 0 radical (unpaired) electrons. The van der Waals surface area contributed by atoms with Gasteiger partial charge in [-0.3, -0.25) is 9.59 Å². The van der Waals surface area contributed by atoms with Gasteiger partial charge >= 0.3 is 12.1 Å². The van der Waals surface area contributed by atoms with E-state index in [0.717, 1.165) is 33.8 Å². The molecule has 1 atom stereocenters. The van der Waals surface area contributed by atoms with Crippen LogP contribution in [0.1, 0.15) is 23.5 Å². The lowest BCUT2D eigenvalue weighted by atomic mass is 9.98. The highest BCUT2D eigenvalue weighted by Crippen LogP contribution is 2.44. The Kier molecular flexibility index (Phi) is 6.46. The van der Waals surface area contributed by atoms with Crippen LogP contribution in [0.5, 0.6) is 0 Å². The molecule has 4 rings (SSSR count). The Bertz CT molecular complexity index is 946. The Morgan fingerprint density at radius 1 is 1.03 bits per heavy atom. The third-order valence-electron chi connectivity index (χ3n) is 5.60. The van der Waals surface area contributed by atoms with Crippen LogP contribution in [-0.2, 0) is 14.3 Å². The molecular weight excluding hydrogens is 416 g/mol. The average molecular weight is 441 g/mol. The van der Waals surface area contributed by atoms with Gasteiger partial charge in [0.1, 0.15) is 12.6 Å². The summed E-state index contributed by atoms with van der Waals surface area (Å²) < 4.78 is 5.43. The van der Waals surface area contributed by atoms with Crippen molar-refractivity contribution in [1.82, 2.24) is 10.6 Å². The standard InChI is InChI=1S/C23H24N2O5S/c26-21(27)9-20(22(28)24-10-14-12-31-13-14)25-23(29)30-11-19-17-7-3-1-5-15(17)16-6-2-4-8-18(16)19/h1-8,14,19-20H,9-13H2,(H,24,28)(H,25,29)(H,26,27). The summed E-state index contributed by atoms with van der Waals surface area (Å²) in [6.07, 6.45) is -1.31. The largest absolute Gasteiger partial charge is 0.481 e. The zero-order chi connectivity index (χ0) is 21.8. The number of fused-ring (bicyclic) bond motifs is 3. The molecule has 1 saturated heterocycles. The number of amides is 2. The number of alkyl carbamates (subject to hydrolysis) is 1. The van der Waals surface area contributed by atoms with Crippen molar-refractivity contribution in [3.63, 3.8) is 0 Å². The molecule has 3 N–H and O–H groups in total. The second kappa shape index (κ2) is 9.43. The fourth-order valence-corrected chi connectivity index (χ4v) is 4.74. The molecule has 0 bridgehead atoms. The highest BCUT2D eigenvalue weighted by molar-refractivity contribution is 8.00. The van der Waals surface area contributed by atoms with E-state index in [9.17, 15) is 14.4 Å². The Morgan fingerprint density at radius 3 is 2.19 bits per heavy atom. The summed E-state index contributed by atoms with van der Waals surface area (Å²) in [5.74, 6) is 0.564. The summed E-state index contributed by atoms with van der Waals surface area (Å²) in [5.41, 5.74) is 4.39. The second-order valence-corrected chi connectivity index (χ2v) is 8.84. The van der Waals surface area contributed by atoms with Crippen LogP contribution in [-0.4, -0.2) is 53.8 Å². The van der Waals surface area contributed by atoms with E-state index in [-0.39, 0.29) is 12.5 Å². The van der Waals surface area contributed by atoms with Gasteiger partial charge in [-0.1, -0.05) is 48.5 Å². The first-order chi connectivity index (χ1) is 15.0. The monoisotopic (exact) mass is 440 g/mol. The van der Waals surface area contributed by atoms with Gasteiger partial charge < -0.3 is 20.5 Å². The van der Waals surface area contributed by atoms with Gasteiger partial charge in [-0.15, -0.1) is 0 Å². The van der Waals surface area contributed by atoms with E-state index in [2.05, 4.69) is 10.6 Å². The summed E-state index contributed by atoms with van der Waals surface area (Å²) >= 11 is 1.80.